The van der Waals surface area contributed by atoms with Crippen LogP contribution in [0.5, 0.6) is 0 Å². The molecule has 0 fully saturated rings. The van der Waals surface area contributed by atoms with E-state index in [1.165, 1.54) is 24.0 Å². The molecular formula is C17H29NO. The molecule has 0 aliphatic heterocycles. The first-order valence-electron chi connectivity index (χ1n) is 7.51. The van der Waals surface area contributed by atoms with Crippen LogP contribution in [0, 0.1) is 0 Å². The molecule has 2 heteroatoms. The smallest absolute Gasteiger partial charge is 0.0431 e. The molecule has 1 aromatic carbocycles. The van der Waals surface area contributed by atoms with E-state index in [2.05, 4.69) is 50.4 Å². The molecule has 0 saturated carbocycles. The lowest BCUT2D eigenvalue weighted by molar-refractivity contribution is 0.283. The third-order valence-electron chi connectivity index (χ3n) is 3.60. The summed E-state index contributed by atoms with van der Waals surface area (Å²) in [4.78, 5) is 0. The third kappa shape index (κ3) is 5.75. The minimum absolute atomic E-state index is 0.157. The summed E-state index contributed by atoms with van der Waals surface area (Å²) in [7, 11) is 0. The maximum atomic E-state index is 8.75. The van der Waals surface area contributed by atoms with Crippen LogP contribution in [0.3, 0.4) is 0 Å². The largest absolute Gasteiger partial charge is 0.396 e. The van der Waals surface area contributed by atoms with Crippen molar-refractivity contribution >= 4 is 0 Å². The predicted molar refractivity (Wildman–Crippen MR) is 82.7 cm³/mol. The second-order valence-corrected chi connectivity index (χ2v) is 5.94. The molecule has 2 nitrogen and oxygen atoms in total. The Morgan fingerprint density at radius 1 is 1.11 bits per heavy atom. The Labute approximate surface area is 118 Å². The molecule has 1 rings (SSSR count). The van der Waals surface area contributed by atoms with Crippen LogP contribution >= 0.6 is 0 Å². The van der Waals surface area contributed by atoms with Gasteiger partial charge in [-0.2, -0.15) is 0 Å². The summed E-state index contributed by atoms with van der Waals surface area (Å²) < 4.78 is 0. The van der Waals surface area contributed by atoms with E-state index in [4.69, 9.17) is 5.11 Å². The molecule has 2 N–H and O–H groups in total. The molecule has 0 atom stereocenters. The lowest BCUT2D eigenvalue weighted by Crippen LogP contribution is -2.33. The van der Waals surface area contributed by atoms with Gasteiger partial charge in [-0.25, -0.2) is 0 Å². The van der Waals surface area contributed by atoms with Crippen LogP contribution in [0.25, 0.3) is 0 Å². The van der Waals surface area contributed by atoms with E-state index >= 15 is 0 Å². The van der Waals surface area contributed by atoms with Gasteiger partial charge in [0.2, 0.25) is 0 Å². The third-order valence-corrected chi connectivity index (χ3v) is 3.60. The van der Waals surface area contributed by atoms with Crippen molar-refractivity contribution in [3.05, 3.63) is 35.4 Å². The van der Waals surface area contributed by atoms with Crippen molar-refractivity contribution in [2.45, 2.75) is 51.9 Å². The van der Waals surface area contributed by atoms with Crippen LogP contribution in [0.1, 0.15) is 51.2 Å². The first-order valence-corrected chi connectivity index (χ1v) is 7.51. The molecule has 0 heterocycles. The monoisotopic (exact) mass is 263 g/mol. The van der Waals surface area contributed by atoms with Gasteiger partial charge < -0.3 is 10.4 Å². The Morgan fingerprint density at radius 3 is 2.37 bits per heavy atom. The molecule has 0 bridgehead atoms. The second-order valence-electron chi connectivity index (χ2n) is 5.94. The van der Waals surface area contributed by atoms with Gasteiger partial charge in [-0.05, 0) is 36.9 Å². The van der Waals surface area contributed by atoms with Crippen molar-refractivity contribution < 1.29 is 5.11 Å². The Balaban J connectivity index is 2.46. The van der Waals surface area contributed by atoms with Crippen LogP contribution in [0.2, 0.25) is 0 Å². The minimum Gasteiger partial charge on any atom is -0.396 e. The van der Waals surface area contributed by atoms with Crippen molar-refractivity contribution in [2.24, 2.45) is 0 Å². The lowest BCUT2D eigenvalue weighted by atomic mass is 9.84. The summed E-state index contributed by atoms with van der Waals surface area (Å²) in [6.07, 6.45) is 4.30. The minimum atomic E-state index is 0.157. The number of nitrogens with one attached hydrogen (secondary N) is 1. The average Bonchev–Trinajstić information content (AvgIpc) is 2.39. The summed E-state index contributed by atoms with van der Waals surface area (Å²) in [5.74, 6) is 0. The zero-order valence-electron chi connectivity index (χ0n) is 12.7. The summed E-state index contributed by atoms with van der Waals surface area (Å²) in [6, 6.07) is 9.04. The maximum Gasteiger partial charge on any atom is 0.0431 e. The first kappa shape index (κ1) is 16.2. The highest BCUT2D eigenvalue weighted by Crippen LogP contribution is 2.23. The van der Waals surface area contributed by atoms with Gasteiger partial charge in [0, 0.05) is 18.6 Å². The van der Waals surface area contributed by atoms with Gasteiger partial charge in [-0.3, -0.25) is 0 Å². The molecule has 108 valence electrons. The fourth-order valence-corrected chi connectivity index (χ4v) is 2.28. The van der Waals surface area contributed by atoms with Gasteiger partial charge in [0.15, 0.2) is 0 Å². The topological polar surface area (TPSA) is 32.3 Å². The Hall–Kier alpha value is -0.860. The molecule has 0 aliphatic carbocycles. The fraction of sp³-hybridized carbons (Fsp3) is 0.647. The molecule has 0 radical (unpaired) electrons. The molecule has 0 aliphatic rings. The fourth-order valence-electron chi connectivity index (χ4n) is 2.28. The Kier molecular flexibility index (Phi) is 7.11. The standard InChI is InChI=1S/C17H29NO/c1-4-7-15-8-10-16(11-9-15)17(2,3)14-18-12-5-6-13-19/h8-11,18-19H,4-7,12-14H2,1-3H3. The highest BCUT2D eigenvalue weighted by atomic mass is 16.2. The normalized spacial score (nSPS) is 11.8. The predicted octanol–water partition coefficient (Wildman–Crippen LogP) is 3.28. The number of aliphatic hydroxyl groups is 1. The van der Waals surface area contributed by atoms with Crippen LogP contribution < -0.4 is 5.32 Å². The van der Waals surface area contributed by atoms with Crippen molar-refractivity contribution in [1.82, 2.24) is 5.32 Å². The average molecular weight is 263 g/mol. The summed E-state index contributed by atoms with van der Waals surface area (Å²) in [6.45, 7) is 9.03. The van der Waals surface area contributed by atoms with Gasteiger partial charge >= 0.3 is 0 Å². The number of unbranched alkanes of at least 4 members (excludes halogenated alkanes) is 1. The van der Waals surface area contributed by atoms with Crippen molar-refractivity contribution in [2.75, 3.05) is 19.7 Å². The van der Waals surface area contributed by atoms with Crippen molar-refractivity contribution in [1.29, 1.82) is 0 Å². The number of hydrogen-bond acceptors (Lipinski definition) is 2. The van der Waals surface area contributed by atoms with Gasteiger partial charge in [0.25, 0.3) is 0 Å². The van der Waals surface area contributed by atoms with Gasteiger partial charge in [0.1, 0.15) is 0 Å². The Morgan fingerprint density at radius 2 is 1.79 bits per heavy atom. The van der Waals surface area contributed by atoms with E-state index in [-0.39, 0.29) is 5.41 Å². The quantitative estimate of drug-likeness (QED) is 0.670. The molecule has 0 unspecified atom stereocenters. The Bertz CT molecular complexity index is 343. The zero-order chi connectivity index (χ0) is 14.1. The van der Waals surface area contributed by atoms with Crippen molar-refractivity contribution in [3.63, 3.8) is 0 Å². The van der Waals surface area contributed by atoms with Crippen molar-refractivity contribution in [3.8, 4) is 0 Å². The lowest BCUT2D eigenvalue weighted by Gasteiger charge is -2.26. The molecule has 1 aromatic rings. The summed E-state index contributed by atoms with van der Waals surface area (Å²) in [5, 5.41) is 12.2. The van der Waals surface area contributed by atoms with Crippen LogP contribution in [0.4, 0.5) is 0 Å². The number of aryl methyl sites for hydroxylation is 1. The van der Waals surface area contributed by atoms with E-state index in [0.717, 1.165) is 25.9 Å². The van der Waals surface area contributed by atoms with Crippen LogP contribution in [0.15, 0.2) is 24.3 Å². The molecule has 0 amide bonds. The van der Waals surface area contributed by atoms with Gasteiger partial charge in [-0.15, -0.1) is 0 Å². The highest BCUT2D eigenvalue weighted by molar-refractivity contribution is 5.28. The van der Waals surface area contributed by atoms with E-state index in [9.17, 15) is 0 Å². The molecular weight excluding hydrogens is 234 g/mol. The van der Waals surface area contributed by atoms with Crippen LogP contribution in [-0.2, 0) is 11.8 Å². The molecule has 0 spiro atoms. The van der Waals surface area contributed by atoms with Gasteiger partial charge in [-0.1, -0.05) is 51.5 Å². The number of rotatable bonds is 9. The van der Waals surface area contributed by atoms with E-state index in [0.29, 0.717) is 6.61 Å². The zero-order valence-corrected chi connectivity index (χ0v) is 12.7. The SMILES string of the molecule is CCCc1ccc(C(C)(C)CNCCCCO)cc1. The van der Waals surface area contributed by atoms with Gasteiger partial charge in [0.05, 0.1) is 0 Å². The number of aliphatic hydroxyl groups excluding tert-OH is 1. The molecule has 0 saturated heterocycles. The summed E-state index contributed by atoms with van der Waals surface area (Å²) in [5.41, 5.74) is 2.98. The van der Waals surface area contributed by atoms with Crippen LogP contribution in [-0.4, -0.2) is 24.8 Å². The second kappa shape index (κ2) is 8.34. The van der Waals surface area contributed by atoms with E-state index in [1.54, 1.807) is 0 Å². The maximum absolute atomic E-state index is 8.75. The van der Waals surface area contributed by atoms with E-state index in [1.807, 2.05) is 0 Å². The molecule has 0 aromatic heterocycles. The molecule has 19 heavy (non-hydrogen) atoms. The number of hydrogen-bond donors (Lipinski definition) is 2. The number of benzene rings is 1. The highest BCUT2D eigenvalue weighted by Gasteiger charge is 2.19. The van der Waals surface area contributed by atoms with E-state index < -0.39 is 0 Å². The summed E-state index contributed by atoms with van der Waals surface area (Å²) >= 11 is 0. The first-order chi connectivity index (χ1) is 9.10.